The second-order valence-corrected chi connectivity index (χ2v) is 5.61. The lowest BCUT2D eigenvalue weighted by atomic mass is 10.3. The van der Waals surface area contributed by atoms with Gasteiger partial charge in [-0.25, -0.2) is 9.97 Å². The Bertz CT molecular complexity index is 696. The number of nitrogens with one attached hydrogen (secondary N) is 1. The first-order chi connectivity index (χ1) is 11.7. The maximum atomic E-state index is 11.4. The zero-order valence-electron chi connectivity index (χ0n) is 13.9. The van der Waals surface area contributed by atoms with Gasteiger partial charge in [0.15, 0.2) is 0 Å². The Morgan fingerprint density at radius 2 is 1.83 bits per heavy atom. The summed E-state index contributed by atoms with van der Waals surface area (Å²) in [6.07, 6.45) is 1.55. The summed E-state index contributed by atoms with van der Waals surface area (Å²) >= 11 is 0. The van der Waals surface area contributed by atoms with Gasteiger partial charge in [0.1, 0.15) is 23.7 Å². The molecule has 0 radical (unpaired) electrons. The quantitative estimate of drug-likeness (QED) is 0.925. The molecule has 1 aromatic carbocycles. The van der Waals surface area contributed by atoms with Crippen LogP contribution in [0.2, 0.25) is 0 Å². The average molecular weight is 327 g/mol. The summed E-state index contributed by atoms with van der Waals surface area (Å²) in [5.41, 5.74) is 0.932. The zero-order valence-corrected chi connectivity index (χ0v) is 13.9. The van der Waals surface area contributed by atoms with E-state index in [4.69, 9.17) is 4.74 Å². The van der Waals surface area contributed by atoms with Gasteiger partial charge in [0, 0.05) is 44.9 Å². The van der Waals surface area contributed by atoms with E-state index in [1.807, 2.05) is 35.2 Å². The normalized spacial score (nSPS) is 14.4. The number of hydrogen-bond donors (Lipinski definition) is 1. The van der Waals surface area contributed by atoms with Crippen LogP contribution in [0.25, 0.3) is 0 Å². The Morgan fingerprint density at radius 1 is 1.12 bits per heavy atom. The molecule has 0 atom stereocenters. The molecule has 0 saturated carbocycles. The number of nitrogens with zero attached hydrogens (tertiary/aromatic N) is 4. The number of amides is 1. The van der Waals surface area contributed by atoms with Gasteiger partial charge in [-0.15, -0.1) is 0 Å². The molecule has 0 unspecified atom stereocenters. The molecule has 1 aliphatic heterocycles. The Labute approximate surface area is 141 Å². The molecule has 0 spiro atoms. The summed E-state index contributed by atoms with van der Waals surface area (Å²) in [6.45, 7) is 4.61. The maximum Gasteiger partial charge on any atom is 0.219 e. The highest BCUT2D eigenvalue weighted by atomic mass is 16.5. The first-order valence-corrected chi connectivity index (χ1v) is 7.89. The topological polar surface area (TPSA) is 70.6 Å². The number of anilines is 3. The van der Waals surface area contributed by atoms with Gasteiger partial charge in [0.05, 0.1) is 7.11 Å². The van der Waals surface area contributed by atoms with Gasteiger partial charge in [0.2, 0.25) is 5.91 Å². The lowest BCUT2D eigenvalue weighted by molar-refractivity contribution is -0.129. The van der Waals surface area contributed by atoms with E-state index >= 15 is 0 Å². The standard InChI is InChI=1S/C17H21N5O2/c1-13(23)21-7-9-22(10-8-21)17-11-16(18-12-19-17)20-14-3-5-15(24-2)6-4-14/h3-6,11-12H,7-10H2,1-2H3,(H,18,19,20). The van der Waals surface area contributed by atoms with Gasteiger partial charge >= 0.3 is 0 Å². The van der Waals surface area contributed by atoms with E-state index in [0.717, 1.165) is 49.3 Å². The number of aromatic nitrogens is 2. The van der Waals surface area contributed by atoms with Crippen molar-refractivity contribution in [3.05, 3.63) is 36.7 Å². The molecule has 1 aromatic heterocycles. The van der Waals surface area contributed by atoms with Crippen molar-refractivity contribution in [1.82, 2.24) is 14.9 Å². The summed E-state index contributed by atoms with van der Waals surface area (Å²) in [6, 6.07) is 9.59. The molecule has 126 valence electrons. The van der Waals surface area contributed by atoms with Crippen LogP contribution in [0.3, 0.4) is 0 Å². The Balaban J connectivity index is 1.66. The van der Waals surface area contributed by atoms with E-state index < -0.39 is 0 Å². The fraction of sp³-hybridized carbons (Fsp3) is 0.353. The van der Waals surface area contributed by atoms with Crippen molar-refractivity contribution >= 4 is 23.2 Å². The largest absolute Gasteiger partial charge is 0.497 e. The van der Waals surface area contributed by atoms with E-state index in [9.17, 15) is 4.79 Å². The number of carbonyl (C=O) groups excluding carboxylic acids is 1. The minimum Gasteiger partial charge on any atom is -0.497 e. The van der Waals surface area contributed by atoms with Gasteiger partial charge in [-0.05, 0) is 24.3 Å². The first kappa shape index (κ1) is 16.0. The van der Waals surface area contributed by atoms with Crippen LogP contribution < -0.4 is 15.0 Å². The van der Waals surface area contributed by atoms with Crippen molar-refractivity contribution in [2.45, 2.75) is 6.92 Å². The fourth-order valence-electron chi connectivity index (χ4n) is 2.66. The van der Waals surface area contributed by atoms with E-state index in [2.05, 4.69) is 20.2 Å². The number of benzene rings is 1. The molecule has 1 aliphatic rings. The van der Waals surface area contributed by atoms with Gasteiger partial charge in [-0.3, -0.25) is 4.79 Å². The lowest BCUT2D eigenvalue weighted by Gasteiger charge is -2.34. The summed E-state index contributed by atoms with van der Waals surface area (Å²) in [5.74, 6) is 2.54. The minimum absolute atomic E-state index is 0.124. The second-order valence-electron chi connectivity index (χ2n) is 5.61. The number of methoxy groups -OCH3 is 1. The number of piperazine rings is 1. The Morgan fingerprint density at radius 3 is 2.46 bits per heavy atom. The summed E-state index contributed by atoms with van der Waals surface area (Å²) in [4.78, 5) is 24.1. The monoisotopic (exact) mass is 327 g/mol. The SMILES string of the molecule is COc1ccc(Nc2cc(N3CCN(C(C)=O)CC3)ncn2)cc1. The van der Waals surface area contributed by atoms with Crippen LogP contribution in [0.5, 0.6) is 5.75 Å². The Hall–Kier alpha value is -2.83. The van der Waals surface area contributed by atoms with Crippen LogP contribution in [0.4, 0.5) is 17.3 Å². The van der Waals surface area contributed by atoms with Crippen molar-refractivity contribution in [1.29, 1.82) is 0 Å². The first-order valence-electron chi connectivity index (χ1n) is 7.89. The van der Waals surface area contributed by atoms with Crippen molar-refractivity contribution in [3.63, 3.8) is 0 Å². The van der Waals surface area contributed by atoms with Crippen LogP contribution >= 0.6 is 0 Å². The van der Waals surface area contributed by atoms with E-state index in [0.29, 0.717) is 0 Å². The minimum atomic E-state index is 0.124. The van der Waals surface area contributed by atoms with Gasteiger partial charge in [-0.1, -0.05) is 0 Å². The van der Waals surface area contributed by atoms with Crippen LogP contribution in [-0.2, 0) is 4.79 Å². The van der Waals surface area contributed by atoms with Crippen molar-refractivity contribution in [3.8, 4) is 5.75 Å². The van der Waals surface area contributed by atoms with Crippen LogP contribution in [-0.4, -0.2) is 54.1 Å². The number of hydrogen-bond acceptors (Lipinski definition) is 6. The number of carbonyl (C=O) groups is 1. The van der Waals surface area contributed by atoms with Crippen LogP contribution in [0.15, 0.2) is 36.7 Å². The molecular formula is C17H21N5O2. The molecule has 0 bridgehead atoms. The lowest BCUT2D eigenvalue weighted by Crippen LogP contribution is -2.48. The highest BCUT2D eigenvalue weighted by Crippen LogP contribution is 2.21. The molecular weight excluding hydrogens is 306 g/mol. The molecule has 1 saturated heterocycles. The van der Waals surface area contributed by atoms with Crippen LogP contribution in [0.1, 0.15) is 6.92 Å². The average Bonchev–Trinajstić information content (AvgIpc) is 2.63. The number of rotatable bonds is 4. The van der Waals surface area contributed by atoms with Crippen molar-refractivity contribution < 1.29 is 9.53 Å². The summed E-state index contributed by atoms with van der Waals surface area (Å²) in [7, 11) is 1.64. The predicted molar refractivity (Wildman–Crippen MR) is 92.8 cm³/mol. The van der Waals surface area contributed by atoms with E-state index in [1.165, 1.54) is 0 Å². The van der Waals surface area contributed by atoms with Gasteiger partial charge in [0.25, 0.3) is 0 Å². The third kappa shape index (κ3) is 3.73. The van der Waals surface area contributed by atoms with Gasteiger partial charge < -0.3 is 19.9 Å². The van der Waals surface area contributed by atoms with Crippen molar-refractivity contribution in [2.24, 2.45) is 0 Å². The third-order valence-electron chi connectivity index (χ3n) is 4.06. The molecule has 1 fully saturated rings. The van der Waals surface area contributed by atoms with Gasteiger partial charge in [-0.2, -0.15) is 0 Å². The number of ether oxygens (including phenoxy) is 1. The molecule has 2 heterocycles. The zero-order chi connectivity index (χ0) is 16.9. The summed E-state index contributed by atoms with van der Waals surface area (Å²) < 4.78 is 5.16. The molecule has 7 nitrogen and oxygen atoms in total. The van der Waals surface area contributed by atoms with Crippen LogP contribution in [0, 0.1) is 0 Å². The molecule has 1 N–H and O–H groups in total. The molecule has 0 aliphatic carbocycles. The van der Waals surface area contributed by atoms with E-state index in [-0.39, 0.29) is 5.91 Å². The summed E-state index contributed by atoms with van der Waals surface area (Å²) in [5, 5.41) is 3.26. The predicted octanol–water partition coefficient (Wildman–Crippen LogP) is 1.90. The fourth-order valence-corrected chi connectivity index (χ4v) is 2.66. The highest BCUT2D eigenvalue weighted by molar-refractivity contribution is 5.73. The third-order valence-corrected chi connectivity index (χ3v) is 4.06. The molecule has 7 heteroatoms. The molecule has 3 rings (SSSR count). The Kier molecular flexibility index (Phi) is 4.79. The molecule has 24 heavy (non-hydrogen) atoms. The molecule has 1 amide bonds. The van der Waals surface area contributed by atoms with E-state index in [1.54, 1.807) is 20.4 Å². The molecule has 2 aromatic rings. The smallest absolute Gasteiger partial charge is 0.219 e. The maximum absolute atomic E-state index is 11.4. The van der Waals surface area contributed by atoms with Crippen molar-refractivity contribution in [2.75, 3.05) is 43.5 Å². The highest BCUT2D eigenvalue weighted by Gasteiger charge is 2.19. The second kappa shape index (κ2) is 7.16.